The maximum absolute atomic E-state index is 9.90. The lowest BCUT2D eigenvalue weighted by Crippen LogP contribution is -1.88. The fraction of sp³-hybridized carbons (Fsp3) is 0.222. The summed E-state index contributed by atoms with van der Waals surface area (Å²) in [6, 6.07) is 7.13. The van der Waals surface area contributed by atoms with Crippen LogP contribution >= 0.6 is 0 Å². The zero-order chi connectivity index (χ0) is 8.81. The third-order valence-electron chi connectivity index (χ3n) is 1.49. The van der Waals surface area contributed by atoms with Crippen LogP contribution in [0.3, 0.4) is 0 Å². The Labute approximate surface area is 70.4 Å². The molecule has 0 saturated carbocycles. The van der Waals surface area contributed by atoms with E-state index in [0.29, 0.717) is 12.1 Å². The van der Waals surface area contributed by atoms with Gasteiger partial charge in [0.15, 0.2) is 0 Å². The van der Waals surface area contributed by atoms with Gasteiger partial charge in [-0.3, -0.25) is 0 Å². The van der Waals surface area contributed by atoms with Gasteiger partial charge in [-0.2, -0.15) is 4.99 Å². The maximum Gasteiger partial charge on any atom is 0.240 e. The molecular formula is C9H9NO2. The molecular weight excluding hydrogens is 154 g/mol. The molecule has 1 N–H and O–H groups in total. The Hall–Kier alpha value is -1.44. The average molecular weight is 163 g/mol. The summed E-state index contributed by atoms with van der Waals surface area (Å²) in [5.74, 6) is 0. The van der Waals surface area contributed by atoms with E-state index >= 15 is 0 Å². The predicted molar refractivity (Wildman–Crippen MR) is 45.0 cm³/mol. The molecule has 1 aromatic carbocycles. The van der Waals surface area contributed by atoms with Gasteiger partial charge in [0, 0.05) is 6.61 Å². The largest absolute Gasteiger partial charge is 0.396 e. The number of aliphatic hydroxyl groups excluding tert-OH is 1. The van der Waals surface area contributed by atoms with Crippen molar-refractivity contribution in [3.63, 3.8) is 0 Å². The summed E-state index contributed by atoms with van der Waals surface area (Å²) in [6.45, 7) is 0.105. The molecule has 0 aromatic heterocycles. The van der Waals surface area contributed by atoms with Gasteiger partial charge in [-0.15, -0.1) is 0 Å². The fourth-order valence-electron chi connectivity index (χ4n) is 0.963. The van der Waals surface area contributed by atoms with Crippen LogP contribution in [0.2, 0.25) is 0 Å². The number of carbonyl (C=O) groups excluding carboxylic acids is 1. The fourth-order valence-corrected chi connectivity index (χ4v) is 0.963. The highest BCUT2D eigenvalue weighted by atomic mass is 16.2. The van der Waals surface area contributed by atoms with Crippen LogP contribution in [-0.4, -0.2) is 17.8 Å². The quantitative estimate of drug-likeness (QED) is 0.537. The number of benzene rings is 1. The minimum absolute atomic E-state index is 0.105. The van der Waals surface area contributed by atoms with Crippen molar-refractivity contribution in [2.75, 3.05) is 6.61 Å². The SMILES string of the molecule is O=C=Nc1cccc(CCO)c1. The Kier molecular flexibility index (Phi) is 3.20. The normalized spacial score (nSPS) is 9.08. The van der Waals surface area contributed by atoms with Gasteiger partial charge in [0.05, 0.1) is 5.69 Å². The highest BCUT2D eigenvalue weighted by Gasteiger charge is 1.92. The second-order valence-corrected chi connectivity index (χ2v) is 2.35. The van der Waals surface area contributed by atoms with Crippen molar-refractivity contribution in [1.82, 2.24) is 0 Å². The second-order valence-electron chi connectivity index (χ2n) is 2.35. The van der Waals surface area contributed by atoms with E-state index in [1.54, 1.807) is 18.2 Å². The number of nitrogens with zero attached hydrogens (tertiary/aromatic N) is 1. The molecule has 0 aliphatic rings. The van der Waals surface area contributed by atoms with Gasteiger partial charge in [0.2, 0.25) is 6.08 Å². The maximum atomic E-state index is 9.90. The van der Waals surface area contributed by atoms with Crippen LogP contribution in [-0.2, 0) is 11.2 Å². The molecule has 3 heteroatoms. The van der Waals surface area contributed by atoms with Crippen molar-refractivity contribution in [3.05, 3.63) is 29.8 Å². The van der Waals surface area contributed by atoms with Crippen molar-refractivity contribution in [1.29, 1.82) is 0 Å². The lowest BCUT2D eigenvalue weighted by atomic mass is 10.1. The molecule has 0 unspecified atom stereocenters. The number of hydrogen-bond acceptors (Lipinski definition) is 3. The van der Waals surface area contributed by atoms with E-state index < -0.39 is 0 Å². The highest BCUT2D eigenvalue weighted by Crippen LogP contribution is 2.13. The standard InChI is InChI=1S/C9H9NO2/c11-5-4-8-2-1-3-9(6-8)10-7-12/h1-3,6,11H,4-5H2. The van der Waals surface area contributed by atoms with Gasteiger partial charge in [-0.25, -0.2) is 4.79 Å². The van der Waals surface area contributed by atoms with E-state index in [1.807, 2.05) is 6.07 Å². The molecule has 0 spiro atoms. The molecule has 12 heavy (non-hydrogen) atoms. The summed E-state index contributed by atoms with van der Waals surface area (Å²) in [5, 5.41) is 8.63. The Balaban J connectivity index is 2.87. The average Bonchev–Trinajstić information content (AvgIpc) is 2.06. The highest BCUT2D eigenvalue weighted by molar-refractivity contribution is 5.49. The van der Waals surface area contributed by atoms with Gasteiger partial charge in [0.1, 0.15) is 0 Å². The van der Waals surface area contributed by atoms with Crippen molar-refractivity contribution in [2.24, 2.45) is 4.99 Å². The van der Waals surface area contributed by atoms with Crippen LogP contribution in [0.25, 0.3) is 0 Å². The van der Waals surface area contributed by atoms with Crippen molar-refractivity contribution in [2.45, 2.75) is 6.42 Å². The minimum Gasteiger partial charge on any atom is -0.396 e. The number of rotatable bonds is 3. The van der Waals surface area contributed by atoms with Crippen LogP contribution < -0.4 is 0 Å². The summed E-state index contributed by atoms with van der Waals surface area (Å²) in [4.78, 5) is 13.4. The first-order valence-electron chi connectivity index (χ1n) is 3.64. The van der Waals surface area contributed by atoms with E-state index in [2.05, 4.69) is 4.99 Å². The first kappa shape index (κ1) is 8.65. The minimum atomic E-state index is 0.105. The van der Waals surface area contributed by atoms with Crippen molar-refractivity contribution >= 4 is 11.8 Å². The molecule has 0 fully saturated rings. The molecule has 0 heterocycles. The van der Waals surface area contributed by atoms with Crippen LogP contribution in [0.4, 0.5) is 5.69 Å². The molecule has 1 aromatic rings. The molecule has 0 aliphatic heterocycles. The van der Waals surface area contributed by atoms with Crippen LogP contribution in [0, 0.1) is 0 Å². The lowest BCUT2D eigenvalue weighted by molar-refractivity contribution is 0.299. The summed E-state index contributed by atoms with van der Waals surface area (Å²) >= 11 is 0. The third-order valence-corrected chi connectivity index (χ3v) is 1.49. The second kappa shape index (κ2) is 4.44. The van der Waals surface area contributed by atoms with E-state index in [1.165, 1.54) is 6.08 Å². The van der Waals surface area contributed by atoms with Gasteiger partial charge in [-0.05, 0) is 24.1 Å². The number of isocyanates is 1. The molecule has 0 amide bonds. The monoisotopic (exact) mass is 163 g/mol. The van der Waals surface area contributed by atoms with E-state index in [9.17, 15) is 4.79 Å². The van der Waals surface area contributed by atoms with E-state index in [-0.39, 0.29) is 6.61 Å². The number of aliphatic imine (C=N–C) groups is 1. The van der Waals surface area contributed by atoms with Gasteiger partial charge < -0.3 is 5.11 Å². The van der Waals surface area contributed by atoms with E-state index in [0.717, 1.165) is 5.56 Å². The predicted octanol–water partition coefficient (Wildman–Crippen LogP) is 1.19. The van der Waals surface area contributed by atoms with Crippen LogP contribution in [0.15, 0.2) is 29.3 Å². The molecule has 0 saturated heterocycles. The Morgan fingerprint density at radius 1 is 1.50 bits per heavy atom. The smallest absolute Gasteiger partial charge is 0.240 e. The Morgan fingerprint density at radius 2 is 2.33 bits per heavy atom. The van der Waals surface area contributed by atoms with E-state index in [4.69, 9.17) is 5.11 Å². The summed E-state index contributed by atoms with van der Waals surface area (Å²) in [6.07, 6.45) is 2.05. The molecule has 0 radical (unpaired) electrons. The third kappa shape index (κ3) is 2.31. The first-order valence-corrected chi connectivity index (χ1v) is 3.64. The number of aliphatic hydroxyl groups is 1. The molecule has 1 rings (SSSR count). The summed E-state index contributed by atoms with van der Waals surface area (Å²) in [5.41, 5.74) is 1.55. The van der Waals surface area contributed by atoms with Gasteiger partial charge in [-0.1, -0.05) is 12.1 Å². The lowest BCUT2D eigenvalue weighted by Gasteiger charge is -1.97. The summed E-state index contributed by atoms with van der Waals surface area (Å²) in [7, 11) is 0. The zero-order valence-electron chi connectivity index (χ0n) is 6.53. The summed E-state index contributed by atoms with van der Waals surface area (Å²) < 4.78 is 0. The Morgan fingerprint density at radius 3 is 3.00 bits per heavy atom. The Bertz CT molecular complexity index is 303. The number of hydrogen-bond donors (Lipinski definition) is 1. The van der Waals surface area contributed by atoms with Gasteiger partial charge >= 0.3 is 0 Å². The zero-order valence-corrected chi connectivity index (χ0v) is 6.53. The molecule has 0 bridgehead atoms. The molecule has 0 atom stereocenters. The molecule has 3 nitrogen and oxygen atoms in total. The topological polar surface area (TPSA) is 49.7 Å². The molecule has 0 aliphatic carbocycles. The van der Waals surface area contributed by atoms with Crippen molar-refractivity contribution in [3.8, 4) is 0 Å². The van der Waals surface area contributed by atoms with Crippen LogP contribution in [0.5, 0.6) is 0 Å². The van der Waals surface area contributed by atoms with Gasteiger partial charge in [0.25, 0.3) is 0 Å². The van der Waals surface area contributed by atoms with Crippen molar-refractivity contribution < 1.29 is 9.90 Å². The molecule has 62 valence electrons. The first-order chi connectivity index (χ1) is 5.86. The van der Waals surface area contributed by atoms with Crippen LogP contribution in [0.1, 0.15) is 5.56 Å².